The van der Waals surface area contributed by atoms with Crippen molar-refractivity contribution in [1.82, 2.24) is 14.8 Å². The van der Waals surface area contributed by atoms with E-state index in [-0.39, 0.29) is 24.3 Å². The highest BCUT2D eigenvalue weighted by Gasteiger charge is 2.56. The van der Waals surface area contributed by atoms with Crippen LogP contribution in [0.4, 0.5) is 0 Å². The van der Waals surface area contributed by atoms with E-state index in [2.05, 4.69) is 55.2 Å². The van der Waals surface area contributed by atoms with E-state index in [1.165, 1.54) is 11.1 Å². The lowest BCUT2D eigenvalue weighted by molar-refractivity contribution is -0.166. The molecule has 1 fully saturated rings. The number of amides is 2. The van der Waals surface area contributed by atoms with Crippen LogP contribution < -0.4 is 0 Å². The van der Waals surface area contributed by atoms with Gasteiger partial charge in [0.05, 0.1) is 12.2 Å². The van der Waals surface area contributed by atoms with E-state index >= 15 is 0 Å². The Morgan fingerprint density at radius 3 is 2.53 bits per heavy atom. The molecule has 6 heteroatoms. The number of benzene rings is 2. The summed E-state index contributed by atoms with van der Waals surface area (Å²) in [5.41, 5.74) is 4.40. The Hall–Kier alpha value is -3.12. The van der Waals surface area contributed by atoms with Crippen molar-refractivity contribution in [3.05, 3.63) is 70.9 Å². The first-order chi connectivity index (χ1) is 17.5. The Bertz CT molecular complexity index is 1250. The van der Waals surface area contributed by atoms with E-state index in [4.69, 9.17) is 4.74 Å². The topological polar surface area (TPSA) is 65.6 Å². The van der Waals surface area contributed by atoms with Crippen molar-refractivity contribution in [2.24, 2.45) is 0 Å². The Kier molecular flexibility index (Phi) is 6.89. The zero-order chi connectivity index (χ0) is 25.3. The number of nitrogens with one attached hydrogen (secondary N) is 1. The maximum Gasteiger partial charge on any atom is 0.254 e. The third-order valence-corrected chi connectivity index (χ3v) is 7.97. The molecular weight excluding hydrogens is 450 g/mol. The van der Waals surface area contributed by atoms with Crippen LogP contribution in [-0.4, -0.2) is 59.4 Å². The van der Waals surface area contributed by atoms with Gasteiger partial charge in [-0.05, 0) is 48.9 Å². The van der Waals surface area contributed by atoms with Gasteiger partial charge in [0.2, 0.25) is 5.91 Å². The minimum absolute atomic E-state index is 0.00323. The van der Waals surface area contributed by atoms with Crippen LogP contribution in [0.1, 0.15) is 68.3 Å². The molecule has 2 aliphatic heterocycles. The van der Waals surface area contributed by atoms with Gasteiger partial charge in [0.25, 0.3) is 5.91 Å². The van der Waals surface area contributed by atoms with Crippen LogP contribution in [0.2, 0.25) is 0 Å². The first-order valence-corrected chi connectivity index (χ1v) is 13.4. The smallest absolute Gasteiger partial charge is 0.254 e. The van der Waals surface area contributed by atoms with Gasteiger partial charge in [-0.2, -0.15) is 0 Å². The molecule has 0 unspecified atom stereocenters. The number of carbonyl (C=O) groups excluding carboxylic acids is 2. The third-order valence-electron chi connectivity index (χ3n) is 7.97. The van der Waals surface area contributed by atoms with Crippen LogP contribution in [0, 0.1) is 0 Å². The molecular formula is C30H37N3O3. The number of aryl methyl sites for hydroxylation is 1. The molecule has 3 heterocycles. The molecule has 5 rings (SSSR count). The van der Waals surface area contributed by atoms with Gasteiger partial charge >= 0.3 is 0 Å². The van der Waals surface area contributed by atoms with Crippen molar-refractivity contribution in [2.45, 2.75) is 57.9 Å². The van der Waals surface area contributed by atoms with Crippen molar-refractivity contribution < 1.29 is 14.3 Å². The Labute approximate surface area is 213 Å². The number of piperazine rings is 1. The molecule has 2 aliphatic rings. The first-order valence-electron chi connectivity index (χ1n) is 13.4. The monoisotopic (exact) mass is 487 g/mol. The van der Waals surface area contributed by atoms with E-state index in [9.17, 15) is 9.59 Å². The molecule has 0 saturated carbocycles. The Morgan fingerprint density at radius 2 is 1.78 bits per heavy atom. The predicted molar refractivity (Wildman–Crippen MR) is 142 cm³/mol. The van der Waals surface area contributed by atoms with Crippen molar-refractivity contribution in [2.75, 3.05) is 32.8 Å². The lowest BCUT2D eigenvalue weighted by Gasteiger charge is -2.51. The quantitative estimate of drug-likeness (QED) is 0.434. The SMILES string of the molecule is CCCCOCCCN1CC(=O)N2C[C@@H](c3ccc(CC)cc3)c3c([nH]c4ccccc34)[C@@]2(C)C1=O. The van der Waals surface area contributed by atoms with Gasteiger partial charge in [-0.25, -0.2) is 0 Å². The number of ether oxygens (including phenoxy) is 1. The molecule has 1 aromatic heterocycles. The summed E-state index contributed by atoms with van der Waals surface area (Å²) >= 11 is 0. The van der Waals surface area contributed by atoms with E-state index in [1.54, 1.807) is 4.90 Å². The molecule has 0 radical (unpaired) electrons. The number of rotatable bonds is 9. The van der Waals surface area contributed by atoms with Gasteiger partial charge in [0, 0.05) is 43.1 Å². The predicted octanol–water partition coefficient (Wildman–Crippen LogP) is 4.97. The number of aromatic nitrogens is 1. The molecule has 3 aromatic rings. The molecule has 1 saturated heterocycles. The summed E-state index contributed by atoms with van der Waals surface area (Å²) in [6.45, 7) is 8.70. The van der Waals surface area contributed by atoms with Crippen molar-refractivity contribution in [3.8, 4) is 0 Å². The second kappa shape index (κ2) is 10.1. The van der Waals surface area contributed by atoms with E-state index in [0.29, 0.717) is 19.7 Å². The van der Waals surface area contributed by atoms with E-state index in [1.807, 2.05) is 24.0 Å². The van der Waals surface area contributed by atoms with Gasteiger partial charge in [0.1, 0.15) is 0 Å². The zero-order valence-corrected chi connectivity index (χ0v) is 21.7. The molecule has 6 nitrogen and oxygen atoms in total. The number of unbranched alkanes of at least 4 members (excludes halogenated alkanes) is 1. The van der Waals surface area contributed by atoms with Crippen LogP contribution in [0.5, 0.6) is 0 Å². The van der Waals surface area contributed by atoms with Crippen molar-refractivity contribution in [3.63, 3.8) is 0 Å². The number of nitrogens with zero attached hydrogens (tertiary/aromatic N) is 2. The molecule has 0 spiro atoms. The molecule has 0 bridgehead atoms. The summed E-state index contributed by atoms with van der Waals surface area (Å²) in [7, 11) is 0. The normalized spacial score (nSPS) is 21.7. The lowest BCUT2D eigenvalue weighted by Crippen LogP contribution is -2.67. The fourth-order valence-electron chi connectivity index (χ4n) is 5.85. The molecule has 36 heavy (non-hydrogen) atoms. The minimum atomic E-state index is -1.05. The summed E-state index contributed by atoms with van der Waals surface area (Å²) in [4.78, 5) is 34.7. The molecule has 1 N–H and O–H groups in total. The molecule has 2 atom stereocenters. The number of aromatic amines is 1. The first kappa shape index (κ1) is 24.6. The van der Waals surface area contributed by atoms with Gasteiger partial charge < -0.3 is 19.5 Å². The summed E-state index contributed by atoms with van der Waals surface area (Å²) < 4.78 is 5.70. The average Bonchev–Trinajstić information content (AvgIpc) is 3.30. The molecule has 190 valence electrons. The van der Waals surface area contributed by atoms with Crippen LogP contribution in [0.3, 0.4) is 0 Å². The lowest BCUT2D eigenvalue weighted by atomic mass is 9.76. The van der Waals surface area contributed by atoms with Crippen LogP contribution in [-0.2, 0) is 26.3 Å². The fraction of sp³-hybridized carbons (Fsp3) is 0.467. The van der Waals surface area contributed by atoms with Crippen LogP contribution >= 0.6 is 0 Å². The number of H-pyrrole nitrogens is 1. The highest BCUT2D eigenvalue weighted by molar-refractivity contribution is 6.01. The van der Waals surface area contributed by atoms with Crippen molar-refractivity contribution >= 4 is 22.7 Å². The largest absolute Gasteiger partial charge is 0.381 e. The molecule has 2 aromatic carbocycles. The fourth-order valence-corrected chi connectivity index (χ4v) is 5.85. The van der Waals surface area contributed by atoms with Gasteiger partial charge in [-0.3, -0.25) is 9.59 Å². The summed E-state index contributed by atoms with van der Waals surface area (Å²) in [6, 6.07) is 16.9. The Morgan fingerprint density at radius 1 is 1.03 bits per heavy atom. The van der Waals surface area contributed by atoms with Crippen molar-refractivity contribution in [1.29, 1.82) is 0 Å². The second-order valence-corrected chi connectivity index (χ2v) is 10.2. The Balaban J connectivity index is 1.51. The maximum atomic E-state index is 14.0. The second-order valence-electron chi connectivity index (χ2n) is 10.2. The average molecular weight is 488 g/mol. The third kappa shape index (κ3) is 4.11. The summed E-state index contributed by atoms with van der Waals surface area (Å²) in [5, 5.41) is 1.12. The summed E-state index contributed by atoms with van der Waals surface area (Å²) in [6.07, 6.45) is 3.86. The number of hydrogen-bond donors (Lipinski definition) is 1. The minimum Gasteiger partial charge on any atom is -0.381 e. The van der Waals surface area contributed by atoms with Gasteiger partial charge in [-0.1, -0.05) is 62.7 Å². The number of fused-ring (bicyclic) bond motifs is 5. The standard InChI is InChI=1S/C30H37N3O3/c1-4-6-17-36-18-9-16-32-20-26(34)33-19-24(22-14-12-21(5-2)13-15-22)27-23-10-7-8-11-25(23)31-28(27)30(33,3)29(32)35/h7-8,10-15,24,31H,4-6,9,16-20H2,1-3H3/t24-,30-/m0/s1. The molecule has 0 aliphatic carbocycles. The number of carbonyl (C=O) groups is 2. The molecule has 2 amide bonds. The van der Waals surface area contributed by atoms with Crippen LogP contribution in [0.25, 0.3) is 10.9 Å². The van der Waals surface area contributed by atoms with Gasteiger partial charge in [0.15, 0.2) is 5.54 Å². The number of hydrogen-bond acceptors (Lipinski definition) is 3. The number of para-hydroxylation sites is 1. The highest BCUT2D eigenvalue weighted by Crippen LogP contribution is 2.48. The van der Waals surface area contributed by atoms with E-state index in [0.717, 1.165) is 54.5 Å². The zero-order valence-electron chi connectivity index (χ0n) is 21.7. The van der Waals surface area contributed by atoms with E-state index < -0.39 is 5.54 Å². The highest BCUT2D eigenvalue weighted by atomic mass is 16.5. The van der Waals surface area contributed by atoms with Crippen LogP contribution in [0.15, 0.2) is 48.5 Å². The maximum absolute atomic E-state index is 14.0. The summed E-state index contributed by atoms with van der Waals surface area (Å²) in [5.74, 6) is -0.00266. The van der Waals surface area contributed by atoms with Gasteiger partial charge in [-0.15, -0.1) is 0 Å².